The van der Waals surface area contributed by atoms with Gasteiger partial charge in [-0.3, -0.25) is 9.59 Å². The van der Waals surface area contributed by atoms with Crippen molar-refractivity contribution in [3.05, 3.63) is 24.3 Å². The van der Waals surface area contributed by atoms with Gasteiger partial charge in [-0.25, -0.2) is 13.1 Å². The third-order valence-electron chi connectivity index (χ3n) is 3.29. The predicted octanol–water partition coefficient (Wildman–Crippen LogP) is 1.12. The third-order valence-corrected chi connectivity index (χ3v) is 4.76. The van der Waals surface area contributed by atoms with Crippen molar-refractivity contribution < 1.29 is 27.9 Å². The first-order valence-electron chi connectivity index (χ1n) is 7.98. The first-order chi connectivity index (χ1) is 11.7. The number of nitrogens with one attached hydrogen (secondary N) is 2. The molecule has 0 aliphatic heterocycles. The summed E-state index contributed by atoms with van der Waals surface area (Å²) in [6, 6.07) is 5.71. The van der Waals surface area contributed by atoms with Crippen LogP contribution in [0.5, 0.6) is 5.75 Å². The summed E-state index contributed by atoms with van der Waals surface area (Å²) < 4.78 is 31.9. The van der Waals surface area contributed by atoms with Gasteiger partial charge in [-0.15, -0.1) is 0 Å². The smallest absolute Gasteiger partial charge is 0.303 e. The fourth-order valence-corrected chi connectivity index (χ4v) is 3.05. The van der Waals surface area contributed by atoms with Crippen molar-refractivity contribution in [1.29, 1.82) is 0 Å². The Hall–Kier alpha value is -2.13. The second kappa shape index (κ2) is 10.00. The Bertz CT molecular complexity index is 672. The summed E-state index contributed by atoms with van der Waals surface area (Å²) >= 11 is 0. The fourth-order valence-electron chi connectivity index (χ4n) is 2.02. The van der Waals surface area contributed by atoms with Crippen LogP contribution in [0.3, 0.4) is 0 Å². The zero-order valence-electron chi connectivity index (χ0n) is 14.3. The molecular weight excluding hydrogens is 348 g/mol. The molecule has 0 heterocycles. The molecule has 0 bridgehead atoms. The highest BCUT2D eigenvalue weighted by atomic mass is 32.2. The van der Waals surface area contributed by atoms with Crippen LogP contribution in [-0.4, -0.2) is 44.6 Å². The van der Waals surface area contributed by atoms with Gasteiger partial charge in [0.05, 0.1) is 11.5 Å². The number of ether oxygens (including phenoxy) is 1. The third kappa shape index (κ3) is 7.99. The van der Waals surface area contributed by atoms with Crippen LogP contribution >= 0.6 is 0 Å². The van der Waals surface area contributed by atoms with Gasteiger partial charge in [0, 0.05) is 25.4 Å². The van der Waals surface area contributed by atoms with E-state index in [2.05, 4.69) is 10.0 Å². The minimum absolute atomic E-state index is 0.0341. The van der Waals surface area contributed by atoms with Crippen LogP contribution in [0.25, 0.3) is 0 Å². The molecule has 9 heteroatoms. The lowest BCUT2D eigenvalue weighted by molar-refractivity contribution is -0.137. The monoisotopic (exact) mass is 372 g/mol. The Morgan fingerprint density at radius 2 is 1.84 bits per heavy atom. The molecule has 3 N–H and O–H groups in total. The standard InChI is InChI=1S/C16H24N2O6S/c1-3-24-13-5-7-14(8-6-13)25(22,23)17-11-10-15(19)18-12(2)4-9-16(20)21/h5-8,12,17H,3-4,9-11H2,1-2H3,(H,18,19)(H,20,21). The molecule has 1 amide bonds. The van der Waals surface area contributed by atoms with E-state index in [1.165, 1.54) is 12.1 Å². The molecule has 140 valence electrons. The van der Waals surface area contributed by atoms with Gasteiger partial charge in [-0.1, -0.05) is 0 Å². The maximum Gasteiger partial charge on any atom is 0.303 e. The average Bonchev–Trinajstić information content (AvgIpc) is 2.53. The van der Waals surface area contributed by atoms with Crippen molar-refractivity contribution in [2.45, 2.75) is 44.0 Å². The number of carbonyl (C=O) groups is 2. The summed E-state index contributed by atoms with van der Waals surface area (Å²) in [6.45, 7) is 3.97. The highest BCUT2D eigenvalue weighted by molar-refractivity contribution is 7.89. The lowest BCUT2D eigenvalue weighted by Gasteiger charge is -2.13. The van der Waals surface area contributed by atoms with Gasteiger partial charge in [0.1, 0.15) is 5.75 Å². The molecule has 1 aromatic carbocycles. The number of benzene rings is 1. The van der Waals surface area contributed by atoms with Gasteiger partial charge in [0.2, 0.25) is 15.9 Å². The molecule has 0 spiro atoms. The molecule has 8 nitrogen and oxygen atoms in total. The molecule has 0 radical (unpaired) electrons. The van der Waals surface area contributed by atoms with Gasteiger partial charge >= 0.3 is 5.97 Å². The molecule has 0 aromatic heterocycles. The summed E-state index contributed by atoms with van der Waals surface area (Å²) in [6.07, 6.45) is 0.248. The van der Waals surface area contributed by atoms with Crippen LogP contribution in [0, 0.1) is 0 Å². The second-order valence-electron chi connectivity index (χ2n) is 5.45. The van der Waals surface area contributed by atoms with Crippen molar-refractivity contribution in [1.82, 2.24) is 10.0 Å². The van der Waals surface area contributed by atoms with E-state index in [0.717, 1.165) is 0 Å². The van der Waals surface area contributed by atoms with E-state index in [-0.39, 0.29) is 36.2 Å². The average molecular weight is 372 g/mol. The van der Waals surface area contributed by atoms with E-state index >= 15 is 0 Å². The molecule has 0 aliphatic carbocycles. The van der Waals surface area contributed by atoms with Crippen molar-refractivity contribution >= 4 is 21.9 Å². The molecule has 1 unspecified atom stereocenters. The highest BCUT2D eigenvalue weighted by Gasteiger charge is 2.15. The van der Waals surface area contributed by atoms with E-state index in [4.69, 9.17) is 9.84 Å². The Labute approximate surface area is 147 Å². The molecule has 1 atom stereocenters. The highest BCUT2D eigenvalue weighted by Crippen LogP contribution is 2.15. The molecule has 1 aromatic rings. The van der Waals surface area contributed by atoms with E-state index in [1.807, 2.05) is 6.92 Å². The Balaban J connectivity index is 2.43. The molecule has 0 fully saturated rings. The molecule has 0 aliphatic rings. The zero-order valence-corrected chi connectivity index (χ0v) is 15.1. The quantitative estimate of drug-likeness (QED) is 0.535. The van der Waals surface area contributed by atoms with Crippen LogP contribution in [0.15, 0.2) is 29.2 Å². The normalized spacial score (nSPS) is 12.4. The Morgan fingerprint density at radius 1 is 1.20 bits per heavy atom. The summed E-state index contributed by atoms with van der Waals surface area (Å²) in [5, 5.41) is 11.2. The van der Waals surface area contributed by atoms with Gasteiger partial charge in [0.15, 0.2) is 0 Å². The SMILES string of the molecule is CCOc1ccc(S(=O)(=O)NCCC(=O)NC(C)CCC(=O)O)cc1. The maximum absolute atomic E-state index is 12.1. The summed E-state index contributed by atoms with van der Waals surface area (Å²) in [4.78, 5) is 22.3. The lowest BCUT2D eigenvalue weighted by Crippen LogP contribution is -2.35. The number of hydrogen-bond donors (Lipinski definition) is 3. The van der Waals surface area contributed by atoms with Crippen molar-refractivity contribution in [3.8, 4) is 5.75 Å². The number of carboxylic acid groups (broad SMARTS) is 1. The topological polar surface area (TPSA) is 122 Å². The number of sulfonamides is 1. The Kier molecular flexibility index (Phi) is 8.36. The molecule has 0 saturated carbocycles. The molecule has 1 rings (SSSR count). The van der Waals surface area contributed by atoms with Gasteiger partial charge in [-0.05, 0) is 44.5 Å². The zero-order chi connectivity index (χ0) is 18.9. The van der Waals surface area contributed by atoms with Crippen molar-refractivity contribution in [2.24, 2.45) is 0 Å². The van der Waals surface area contributed by atoms with Crippen LogP contribution < -0.4 is 14.8 Å². The van der Waals surface area contributed by atoms with E-state index < -0.39 is 16.0 Å². The summed E-state index contributed by atoms with van der Waals surface area (Å²) in [5.41, 5.74) is 0. The van der Waals surface area contributed by atoms with E-state index in [9.17, 15) is 18.0 Å². The first kappa shape index (κ1) is 20.9. The summed E-state index contributed by atoms with van der Waals surface area (Å²) in [5.74, 6) is -0.687. The minimum atomic E-state index is -3.70. The fraction of sp³-hybridized carbons (Fsp3) is 0.500. The second-order valence-corrected chi connectivity index (χ2v) is 7.22. The van der Waals surface area contributed by atoms with Crippen molar-refractivity contribution in [3.63, 3.8) is 0 Å². The van der Waals surface area contributed by atoms with Crippen LogP contribution in [0.2, 0.25) is 0 Å². The number of rotatable bonds is 11. The number of aliphatic carboxylic acids is 1. The number of hydrogen-bond acceptors (Lipinski definition) is 5. The molecular formula is C16H24N2O6S. The molecule has 25 heavy (non-hydrogen) atoms. The maximum atomic E-state index is 12.1. The van der Waals surface area contributed by atoms with E-state index in [1.54, 1.807) is 19.1 Å². The number of amides is 1. The number of carboxylic acids is 1. The first-order valence-corrected chi connectivity index (χ1v) is 9.46. The Morgan fingerprint density at radius 3 is 2.40 bits per heavy atom. The van der Waals surface area contributed by atoms with Crippen LogP contribution in [0.4, 0.5) is 0 Å². The largest absolute Gasteiger partial charge is 0.494 e. The number of carbonyl (C=O) groups excluding carboxylic acids is 1. The predicted molar refractivity (Wildman–Crippen MR) is 91.9 cm³/mol. The van der Waals surface area contributed by atoms with Gasteiger partial charge < -0.3 is 15.2 Å². The van der Waals surface area contributed by atoms with E-state index in [0.29, 0.717) is 18.8 Å². The van der Waals surface area contributed by atoms with Gasteiger partial charge in [-0.2, -0.15) is 0 Å². The lowest BCUT2D eigenvalue weighted by atomic mass is 10.2. The van der Waals surface area contributed by atoms with Crippen LogP contribution in [0.1, 0.15) is 33.1 Å². The van der Waals surface area contributed by atoms with Gasteiger partial charge in [0.25, 0.3) is 0 Å². The van der Waals surface area contributed by atoms with Crippen molar-refractivity contribution in [2.75, 3.05) is 13.2 Å². The molecule has 0 saturated heterocycles. The summed E-state index contributed by atoms with van der Waals surface area (Å²) in [7, 11) is -3.70. The van der Waals surface area contributed by atoms with Crippen LogP contribution in [-0.2, 0) is 19.6 Å². The minimum Gasteiger partial charge on any atom is -0.494 e.